The molecule has 7 nitrogen and oxygen atoms in total. The van der Waals surface area contributed by atoms with Crippen LogP contribution in [0.25, 0.3) is 0 Å². The molecule has 0 saturated carbocycles. The fourth-order valence-electron chi connectivity index (χ4n) is 4.34. The Morgan fingerprint density at radius 1 is 0.967 bits per heavy atom. The summed E-state index contributed by atoms with van der Waals surface area (Å²) in [5.74, 6) is 2.79. The number of amidine groups is 1. The van der Waals surface area contributed by atoms with Gasteiger partial charge in [0.1, 0.15) is 11.8 Å². The van der Waals surface area contributed by atoms with Crippen molar-refractivity contribution < 1.29 is 19.0 Å². The molecule has 7 heteroatoms. The van der Waals surface area contributed by atoms with Crippen LogP contribution in [-0.4, -0.2) is 63.0 Å². The first-order chi connectivity index (χ1) is 14.5. The molecular formula is C23H27N3O4. The Hall–Kier alpha value is -3.06. The largest absolute Gasteiger partial charge is 0.497 e. The number of hydrogen-bond donors (Lipinski definition) is 0. The van der Waals surface area contributed by atoms with Gasteiger partial charge in [0.25, 0.3) is 0 Å². The Balaban J connectivity index is 1.76. The van der Waals surface area contributed by atoms with Crippen LogP contribution in [0.2, 0.25) is 0 Å². The third-order valence-electron chi connectivity index (χ3n) is 5.82. The van der Waals surface area contributed by atoms with E-state index in [1.165, 1.54) is 0 Å². The zero-order chi connectivity index (χ0) is 21.4. The minimum Gasteiger partial charge on any atom is -0.497 e. The lowest BCUT2D eigenvalue weighted by molar-refractivity contribution is -0.122. The molecule has 0 N–H and O–H groups in total. The topological polar surface area (TPSA) is 63.6 Å². The number of ether oxygens (including phenoxy) is 3. The van der Waals surface area contributed by atoms with E-state index in [2.05, 4.69) is 16.8 Å². The first kappa shape index (κ1) is 20.2. The average Bonchev–Trinajstić information content (AvgIpc) is 2.76. The number of nitrogens with zero attached hydrogens (tertiary/aromatic N) is 3. The number of benzene rings is 2. The fraction of sp³-hybridized carbons (Fsp3) is 0.391. The van der Waals surface area contributed by atoms with Gasteiger partial charge in [0.2, 0.25) is 5.78 Å². The number of Topliss-reactive ketones (excluding diaryl/α,β-unsaturated/α-hetero) is 1. The van der Waals surface area contributed by atoms with E-state index in [-0.39, 0.29) is 17.7 Å². The molecule has 0 aromatic heterocycles. The van der Waals surface area contributed by atoms with E-state index < -0.39 is 0 Å². The van der Waals surface area contributed by atoms with E-state index >= 15 is 0 Å². The smallest absolute Gasteiger partial charge is 0.219 e. The molecule has 158 valence electrons. The molecule has 2 atom stereocenters. The van der Waals surface area contributed by atoms with E-state index in [1.54, 1.807) is 21.3 Å². The molecule has 2 aromatic carbocycles. The van der Waals surface area contributed by atoms with Crippen LogP contribution in [0, 0.1) is 0 Å². The zero-order valence-corrected chi connectivity index (χ0v) is 18.0. The van der Waals surface area contributed by atoms with Crippen LogP contribution in [0.15, 0.2) is 41.4 Å². The lowest BCUT2D eigenvalue weighted by atomic mass is 9.83. The van der Waals surface area contributed by atoms with Crippen molar-refractivity contribution in [2.24, 2.45) is 4.99 Å². The number of likely N-dealkylation sites (N-methyl/N-ethyl adjacent to an activating group) is 1. The number of hydrogen-bond acceptors (Lipinski definition) is 6. The molecule has 2 aliphatic heterocycles. The van der Waals surface area contributed by atoms with Gasteiger partial charge in [-0.2, -0.15) is 0 Å². The molecule has 2 aliphatic rings. The molecular weight excluding hydrogens is 382 g/mol. The molecule has 0 radical (unpaired) electrons. The van der Waals surface area contributed by atoms with E-state index in [4.69, 9.17) is 14.2 Å². The van der Waals surface area contributed by atoms with Gasteiger partial charge in [-0.25, -0.2) is 4.99 Å². The Morgan fingerprint density at radius 2 is 1.60 bits per heavy atom. The van der Waals surface area contributed by atoms with Crippen LogP contribution in [0.1, 0.15) is 30.0 Å². The Bertz CT molecular complexity index is 987. The number of carbonyl (C=O) groups is 1. The maximum Gasteiger partial charge on any atom is 0.219 e. The molecule has 30 heavy (non-hydrogen) atoms. The summed E-state index contributed by atoms with van der Waals surface area (Å²) in [4.78, 5) is 22.4. The van der Waals surface area contributed by atoms with E-state index in [1.807, 2.05) is 48.3 Å². The zero-order valence-electron chi connectivity index (χ0n) is 18.0. The van der Waals surface area contributed by atoms with Crippen LogP contribution in [0.3, 0.4) is 0 Å². The van der Waals surface area contributed by atoms with Crippen molar-refractivity contribution in [3.8, 4) is 17.2 Å². The van der Waals surface area contributed by atoms with Crippen molar-refractivity contribution in [3.05, 3.63) is 47.5 Å². The van der Waals surface area contributed by atoms with Crippen LogP contribution in [0.5, 0.6) is 17.2 Å². The van der Waals surface area contributed by atoms with Crippen LogP contribution in [-0.2, 0) is 4.79 Å². The molecule has 0 aliphatic carbocycles. The number of fused-ring (bicyclic) bond motifs is 3. The van der Waals surface area contributed by atoms with Crippen LogP contribution >= 0.6 is 0 Å². The second kappa shape index (κ2) is 7.99. The quantitative estimate of drug-likeness (QED) is 0.772. The highest BCUT2D eigenvalue weighted by Crippen LogP contribution is 2.43. The van der Waals surface area contributed by atoms with Crippen molar-refractivity contribution in [1.82, 2.24) is 9.80 Å². The van der Waals surface area contributed by atoms with Gasteiger partial charge < -0.3 is 19.1 Å². The molecule has 0 bridgehead atoms. The second-order valence-electron chi connectivity index (χ2n) is 7.75. The van der Waals surface area contributed by atoms with Crippen molar-refractivity contribution in [2.45, 2.75) is 18.9 Å². The number of carbonyl (C=O) groups excluding carboxylic acids is 1. The average molecular weight is 409 g/mol. The van der Waals surface area contributed by atoms with E-state index in [0.29, 0.717) is 24.0 Å². The molecule has 4 rings (SSSR count). The number of aliphatic imine (C=N–C) groups is 1. The SMILES string of the molecule is COc1ccc(N=C2C(=O)C3c4cc(OC)c(OC)cc4C(C)CN3CN2C)cc1. The van der Waals surface area contributed by atoms with E-state index in [0.717, 1.165) is 29.1 Å². The normalized spacial score (nSPS) is 22.5. The first-order valence-electron chi connectivity index (χ1n) is 9.94. The second-order valence-corrected chi connectivity index (χ2v) is 7.75. The summed E-state index contributed by atoms with van der Waals surface area (Å²) in [6, 6.07) is 10.9. The van der Waals surface area contributed by atoms with E-state index in [9.17, 15) is 4.79 Å². The summed E-state index contributed by atoms with van der Waals surface area (Å²) in [5.41, 5.74) is 2.80. The molecule has 2 unspecified atom stereocenters. The summed E-state index contributed by atoms with van der Waals surface area (Å²) >= 11 is 0. The van der Waals surface area contributed by atoms with Gasteiger partial charge in [-0.1, -0.05) is 6.92 Å². The molecule has 2 heterocycles. The summed E-state index contributed by atoms with van der Waals surface area (Å²) < 4.78 is 16.2. The van der Waals surface area contributed by atoms with Gasteiger partial charge in [0.05, 0.1) is 33.7 Å². The number of rotatable bonds is 4. The molecule has 2 aromatic rings. The lowest BCUT2D eigenvalue weighted by Gasteiger charge is -2.45. The Labute approximate surface area is 176 Å². The van der Waals surface area contributed by atoms with Crippen molar-refractivity contribution >= 4 is 17.3 Å². The van der Waals surface area contributed by atoms with Crippen LogP contribution in [0.4, 0.5) is 5.69 Å². The summed E-state index contributed by atoms with van der Waals surface area (Å²) in [5, 5.41) is 0. The monoisotopic (exact) mass is 409 g/mol. The number of ketones is 1. The summed E-state index contributed by atoms with van der Waals surface area (Å²) in [7, 11) is 6.77. The summed E-state index contributed by atoms with van der Waals surface area (Å²) in [6.45, 7) is 3.59. The number of methoxy groups -OCH3 is 3. The predicted molar refractivity (Wildman–Crippen MR) is 115 cm³/mol. The maximum absolute atomic E-state index is 13.6. The van der Waals surface area contributed by atoms with Gasteiger partial charge in [-0.05, 0) is 53.4 Å². The van der Waals surface area contributed by atoms with Gasteiger partial charge in [-0.15, -0.1) is 0 Å². The highest BCUT2D eigenvalue weighted by Gasteiger charge is 2.43. The van der Waals surface area contributed by atoms with Gasteiger partial charge in [-0.3, -0.25) is 9.69 Å². The minimum atomic E-state index is -0.385. The first-order valence-corrected chi connectivity index (χ1v) is 9.94. The van der Waals surface area contributed by atoms with Crippen molar-refractivity contribution in [1.29, 1.82) is 0 Å². The van der Waals surface area contributed by atoms with Crippen molar-refractivity contribution in [3.63, 3.8) is 0 Å². The highest BCUT2D eigenvalue weighted by molar-refractivity contribution is 6.41. The fourth-order valence-corrected chi connectivity index (χ4v) is 4.34. The maximum atomic E-state index is 13.6. The predicted octanol–water partition coefficient (Wildman–Crippen LogP) is 3.37. The highest BCUT2D eigenvalue weighted by atomic mass is 16.5. The summed E-state index contributed by atoms with van der Waals surface area (Å²) in [6.07, 6.45) is 0. The van der Waals surface area contributed by atoms with Gasteiger partial charge in [0.15, 0.2) is 17.3 Å². The molecule has 1 saturated heterocycles. The molecule has 0 amide bonds. The Morgan fingerprint density at radius 3 is 2.20 bits per heavy atom. The standard InChI is InChI=1S/C23H27N3O4/c1-14-12-26-13-25(2)23(24-15-6-8-16(28-3)9-7-15)22(27)21(26)18-11-20(30-5)19(29-4)10-17(14)18/h6-11,14,21H,12-13H2,1-5H3. The van der Waals surface area contributed by atoms with Crippen LogP contribution < -0.4 is 14.2 Å². The van der Waals surface area contributed by atoms with Gasteiger partial charge >= 0.3 is 0 Å². The minimum absolute atomic E-state index is 0.0139. The van der Waals surface area contributed by atoms with Gasteiger partial charge in [0, 0.05) is 13.6 Å². The molecule has 0 spiro atoms. The molecule has 1 fully saturated rings. The Kier molecular flexibility index (Phi) is 5.39. The third-order valence-corrected chi connectivity index (χ3v) is 5.82. The van der Waals surface area contributed by atoms with Crippen molar-refractivity contribution in [2.75, 3.05) is 41.6 Å². The third kappa shape index (κ3) is 3.39. The lowest BCUT2D eigenvalue weighted by Crippen LogP contribution is -2.56.